The summed E-state index contributed by atoms with van der Waals surface area (Å²) >= 11 is 0. The smallest absolute Gasteiger partial charge is 0.280 e. The van der Waals surface area contributed by atoms with Crippen LogP contribution in [0.4, 0.5) is 5.69 Å². The van der Waals surface area contributed by atoms with Crippen molar-refractivity contribution in [2.75, 3.05) is 6.79 Å². The molecule has 0 saturated heterocycles. The molecule has 0 amide bonds. The standard InChI is InChI=1S/C19H17N3O6/c1-19(2)5-12(23)16-15(6-19)28-18(10(7-20)17(16)21)9-3-13-14(27-8-26-13)4-11(9)22(24)25/h3-4,18H,5-6,8,21H2,1-2H3. The molecule has 0 saturated carbocycles. The predicted octanol–water partition coefficient (Wildman–Crippen LogP) is 2.77. The molecule has 1 aromatic rings. The molecule has 9 nitrogen and oxygen atoms in total. The first kappa shape index (κ1) is 17.9. The fourth-order valence-electron chi connectivity index (χ4n) is 3.80. The number of fused-ring (bicyclic) bond motifs is 1. The summed E-state index contributed by atoms with van der Waals surface area (Å²) in [4.78, 5) is 23.6. The molecule has 2 N–H and O–H groups in total. The van der Waals surface area contributed by atoms with Gasteiger partial charge in [0.15, 0.2) is 23.4 Å². The molecule has 4 rings (SSSR count). The third kappa shape index (κ3) is 2.65. The lowest BCUT2D eigenvalue weighted by molar-refractivity contribution is -0.386. The Bertz CT molecular complexity index is 1030. The van der Waals surface area contributed by atoms with E-state index in [1.165, 1.54) is 12.1 Å². The Morgan fingerprint density at radius 2 is 1.96 bits per heavy atom. The van der Waals surface area contributed by atoms with Crippen molar-refractivity contribution < 1.29 is 23.9 Å². The highest BCUT2D eigenvalue weighted by molar-refractivity contribution is 6.01. The van der Waals surface area contributed by atoms with E-state index in [9.17, 15) is 20.2 Å². The van der Waals surface area contributed by atoms with Crippen molar-refractivity contribution in [3.05, 3.63) is 50.4 Å². The molecule has 0 fully saturated rings. The Hall–Kier alpha value is -3.54. The van der Waals surface area contributed by atoms with Crippen LogP contribution in [-0.4, -0.2) is 17.5 Å². The highest BCUT2D eigenvalue weighted by atomic mass is 16.7. The molecule has 0 aromatic heterocycles. The van der Waals surface area contributed by atoms with Gasteiger partial charge in [-0.1, -0.05) is 13.8 Å². The van der Waals surface area contributed by atoms with Gasteiger partial charge in [-0.15, -0.1) is 0 Å². The number of nitrogens with two attached hydrogens (primary N) is 1. The minimum atomic E-state index is -1.11. The van der Waals surface area contributed by atoms with E-state index in [0.717, 1.165) is 0 Å². The summed E-state index contributed by atoms with van der Waals surface area (Å²) in [7, 11) is 0. The van der Waals surface area contributed by atoms with Gasteiger partial charge in [-0.2, -0.15) is 5.26 Å². The maximum atomic E-state index is 12.6. The van der Waals surface area contributed by atoms with Crippen LogP contribution in [0.2, 0.25) is 0 Å². The van der Waals surface area contributed by atoms with Crippen LogP contribution in [0.1, 0.15) is 38.4 Å². The lowest BCUT2D eigenvalue weighted by Gasteiger charge is -2.36. The SMILES string of the molecule is CC1(C)CC(=O)C2=C(C1)OC(c1cc3c(cc1[N+](=O)[O-])OCO3)C(C#N)=C2N. The molecule has 1 atom stereocenters. The number of allylic oxidation sites excluding steroid dienone is 2. The Labute approximate surface area is 160 Å². The van der Waals surface area contributed by atoms with Gasteiger partial charge in [-0.3, -0.25) is 14.9 Å². The Morgan fingerprint density at radius 3 is 2.61 bits per heavy atom. The second kappa shape index (κ2) is 5.99. The summed E-state index contributed by atoms with van der Waals surface area (Å²) < 4.78 is 16.5. The first-order valence-corrected chi connectivity index (χ1v) is 8.63. The molecule has 1 unspecified atom stereocenters. The van der Waals surface area contributed by atoms with E-state index in [0.29, 0.717) is 17.9 Å². The number of hydrogen-bond donors (Lipinski definition) is 1. The van der Waals surface area contributed by atoms with Crippen LogP contribution in [0.5, 0.6) is 11.5 Å². The number of nitrogens with zero attached hydrogens (tertiary/aromatic N) is 2. The molecule has 1 aromatic carbocycles. The van der Waals surface area contributed by atoms with Gasteiger partial charge in [0.1, 0.15) is 11.8 Å². The summed E-state index contributed by atoms with van der Waals surface area (Å²) in [6.07, 6.45) is -0.397. The zero-order chi connectivity index (χ0) is 20.2. The number of nitro groups is 1. The number of carbonyl (C=O) groups excluding carboxylic acids is 1. The number of carbonyl (C=O) groups is 1. The van der Waals surface area contributed by atoms with Gasteiger partial charge in [0.05, 0.1) is 33.4 Å². The molecule has 0 radical (unpaired) electrons. The van der Waals surface area contributed by atoms with Gasteiger partial charge in [0.25, 0.3) is 5.69 Å². The van der Waals surface area contributed by atoms with Gasteiger partial charge in [-0.25, -0.2) is 0 Å². The first-order chi connectivity index (χ1) is 13.2. The minimum absolute atomic E-state index is 0.0150. The predicted molar refractivity (Wildman–Crippen MR) is 94.9 cm³/mol. The zero-order valence-corrected chi connectivity index (χ0v) is 15.3. The molecule has 144 valence electrons. The van der Waals surface area contributed by atoms with Crippen LogP contribution < -0.4 is 15.2 Å². The Kier molecular flexibility index (Phi) is 3.82. The third-order valence-corrected chi connectivity index (χ3v) is 5.04. The van der Waals surface area contributed by atoms with Crippen LogP contribution in [0.15, 0.2) is 34.7 Å². The second-order valence-electron chi connectivity index (χ2n) is 7.70. The number of rotatable bonds is 2. The summed E-state index contributed by atoms with van der Waals surface area (Å²) in [6.45, 7) is 3.80. The van der Waals surface area contributed by atoms with Gasteiger partial charge in [0, 0.05) is 12.8 Å². The van der Waals surface area contributed by atoms with Crippen molar-refractivity contribution in [1.82, 2.24) is 0 Å². The molecular formula is C19H17N3O6. The van der Waals surface area contributed by atoms with Crippen LogP contribution in [0.3, 0.4) is 0 Å². The second-order valence-corrected chi connectivity index (χ2v) is 7.70. The van der Waals surface area contributed by atoms with Crippen molar-refractivity contribution in [2.45, 2.75) is 32.8 Å². The van der Waals surface area contributed by atoms with Gasteiger partial charge >= 0.3 is 0 Å². The highest BCUT2D eigenvalue weighted by Crippen LogP contribution is 2.49. The zero-order valence-electron chi connectivity index (χ0n) is 15.3. The van der Waals surface area contributed by atoms with E-state index in [4.69, 9.17) is 19.9 Å². The average molecular weight is 383 g/mol. The van der Waals surface area contributed by atoms with Gasteiger partial charge in [0.2, 0.25) is 6.79 Å². The molecular weight excluding hydrogens is 366 g/mol. The molecule has 2 heterocycles. The van der Waals surface area contributed by atoms with Crippen molar-refractivity contribution in [3.63, 3.8) is 0 Å². The Balaban J connectivity index is 1.88. The average Bonchev–Trinajstić information content (AvgIpc) is 3.06. The van der Waals surface area contributed by atoms with E-state index in [-0.39, 0.29) is 58.3 Å². The van der Waals surface area contributed by atoms with Crippen LogP contribution in [0, 0.1) is 26.9 Å². The molecule has 3 aliphatic rings. The molecule has 1 aliphatic carbocycles. The van der Waals surface area contributed by atoms with E-state index in [1.54, 1.807) is 0 Å². The molecule has 2 aliphatic heterocycles. The van der Waals surface area contributed by atoms with E-state index >= 15 is 0 Å². The maximum Gasteiger partial charge on any atom is 0.280 e. The summed E-state index contributed by atoms with van der Waals surface area (Å²) in [6, 6.07) is 4.63. The number of nitriles is 1. The van der Waals surface area contributed by atoms with Crippen molar-refractivity contribution >= 4 is 11.5 Å². The lowest BCUT2D eigenvalue weighted by Crippen LogP contribution is -2.33. The fourth-order valence-corrected chi connectivity index (χ4v) is 3.80. The van der Waals surface area contributed by atoms with Crippen molar-refractivity contribution in [2.24, 2.45) is 11.1 Å². The molecule has 0 spiro atoms. The van der Waals surface area contributed by atoms with Crippen molar-refractivity contribution in [1.29, 1.82) is 5.26 Å². The number of nitro benzene ring substituents is 1. The monoisotopic (exact) mass is 383 g/mol. The molecule has 0 bridgehead atoms. The normalized spacial score (nSPS) is 22.5. The van der Waals surface area contributed by atoms with E-state index < -0.39 is 11.0 Å². The summed E-state index contributed by atoms with van der Waals surface area (Å²) in [5, 5.41) is 21.3. The van der Waals surface area contributed by atoms with Crippen molar-refractivity contribution in [3.8, 4) is 17.6 Å². The van der Waals surface area contributed by atoms with Crippen LogP contribution in [0.25, 0.3) is 0 Å². The third-order valence-electron chi connectivity index (χ3n) is 5.04. The fraction of sp³-hybridized carbons (Fsp3) is 0.368. The Morgan fingerprint density at radius 1 is 1.29 bits per heavy atom. The molecule has 9 heteroatoms. The topological polar surface area (TPSA) is 138 Å². The van der Waals surface area contributed by atoms with E-state index in [1.807, 2.05) is 19.9 Å². The number of hydrogen-bond acceptors (Lipinski definition) is 8. The quantitative estimate of drug-likeness (QED) is 0.608. The van der Waals surface area contributed by atoms with E-state index in [2.05, 4.69) is 0 Å². The first-order valence-electron chi connectivity index (χ1n) is 8.63. The summed E-state index contributed by atoms with van der Waals surface area (Å²) in [5.41, 5.74) is 5.85. The van der Waals surface area contributed by atoms with Gasteiger partial charge < -0.3 is 19.9 Å². The highest BCUT2D eigenvalue weighted by Gasteiger charge is 2.43. The molecule has 28 heavy (non-hydrogen) atoms. The number of benzene rings is 1. The minimum Gasteiger partial charge on any atom is -0.483 e. The number of Topliss-reactive ketones (excluding diaryl/α,β-unsaturated/α-hetero) is 1. The van der Waals surface area contributed by atoms with Crippen LogP contribution in [-0.2, 0) is 9.53 Å². The summed E-state index contributed by atoms with van der Waals surface area (Å²) in [5.74, 6) is 0.723. The number of ketones is 1. The maximum absolute atomic E-state index is 12.6. The largest absolute Gasteiger partial charge is 0.483 e. The lowest BCUT2D eigenvalue weighted by atomic mass is 9.74. The number of ether oxygens (including phenoxy) is 3. The van der Waals surface area contributed by atoms with Gasteiger partial charge in [-0.05, 0) is 11.5 Å². The van der Waals surface area contributed by atoms with Crippen LogP contribution >= 0.6 is 0 Å².